The number of phenols is 1. The van der Waals surface area contributed by atoms with Gasteiger partial charge in [0.1, 0.15) is 36.0 Å². The molecule has 6 N–H and O–H groups in total. The van der Waals surface area contributed by atoms with Gasteiger partial charge in [-0.1, -0.05) is 67.5 Å². The van der Waals surface area contributed by atoms with Crippen molar-refractivity contribution in [1.29, 1.82) is 0 Å². The first kappa shape index (κ1) is 35.6. The van der Waals surface area contributed by atoms with Crippen molar-refractivity contribution in [2.45, 2.75) is 111 Å². The first-order valence-corrected chi connectivity index (χ1v) is 15.4. The van der Waals surface area contributed by atoms with Crippen molar-refractivity contribution in [3.63, 3.8) is 0 Å². The minimum atomic E-state index is -1.08. The first-order chi connectivity index (χ1) is 20.1. The standard InChI is InChI=1S/C32H51N5O6/c1-17(2)13-23-28(39)34-25(15-19(5)6)31(42)37-27(20(7)8)32(43)36-24(14-18(3)4)29(40)35-26(30(41)33-23)16-21-9-11-22(38)12-10-21/h9-12,17-20,23-27,38H,13-16H2,1-8H3,(H,33,41)(H,34,39)(H,35,40)(H,36,43)(H,37,42)/t23-,24-,25-,26+,27-/m0/s1. The summed E-state index contributed by atoms with van der Waals surface area (Å²) >= 11 is 0. The summed E-state index contributed by atoms with van der Waals surface area (Å²) in [5, 5.41) is 23.8. The quantitative estimate of drug-likeness (QED) is 0.254. The van der Waals surface area contributed by atoms with Crippen LogP contribution in [-0.2, 0) is 30.4 Å². The van der Waals surface area contributed by atoms with Crippen LogP contribution in [0.4, 0.5) is 0 Å². The second-order valence-corrected chi connectivity index (χ2v) is 13.2. The van der Waals surface area contributed by atoms with Gasteiger partial charge in [0.15, 0.2) is 0 Å². The molecule has 5 amide bonds. The number of benzene rings is 1. The van der Waals surface area contributed by atoms with Crippen LogP contribution in [0.3, 0.4) is 0 Å². The molecule has 0 radical (unpaired) electrons. The Morgan fingerprint density at radius 3 is 1.28 bits per heavy atom. The van der Waals surface area contributed by atoms with Gasteiger partial charge in [-0.15, -0.1) is 0 Å². The van der Waals surface area contributed by atoms with Crippen molar-refractivity contribution >= 4 is 29.5 Å². The summed E-state index contributed by atoms with van der Waals surface area (Å²) in [7, 11) is 0. The second kappa shape index (κ2) is 16.3. The molecule has 0 spiro atoms. The third kappa shape index (κ3) is 11.5. The maximum atomic E-state index is 13.7. The van der Waals surface area contributed by atoms with Gasteiger partial charge in [0.25, 0.3) is 0 Å². The van der Waals surface area contributed by atoms with E-state index in [-0.39, 0.29) is 35.8 Å². The number of rotatable bonds is 9. The highest BCUT2D eigenvalue weighted by molar-refractivity contribution is 5.98. The van der Waals surface area contributed by atoms with Crippen molar-refractivity contribution < 1.29 is 29.1 Å². The predicted octanol–water partition coefficient (Wildman–Crippen LogP) is 2.17. The molecule has 0 bridgehead atoms. The lowest BCUT2D eigenvalue weighted by Gasteiger charge is -2.28. The lowest BCUT2D eigenvalue weighted by Crippen LogP contribution is -2.59. The van der Waals surface area contributed by atoms with Crippen LogP contribution in [0, 0.1) is 23.7 Å². The number of carbonyl (C=O) groups excluding carboxylic acids is 5. The van der Waals surface area contributed by atoms with E-state index in [1.54, 1.807) is 26.0 Å². The molecular formula is C32H51N5O6. The van der Waals surface area contributed by atoms with E-state index >= 15 is 0 Å². The normalized spacial score (nSPS) is 24.7. The number of hydrogen-bond donors (Lipinski definition) is 6. The first-order valence-electron chi connectivity index (χ1n) is 15.4. The Labute approximate surface area is 255 Å². The zero-order valence-electron chi connectivity index (χ0n) is 26.8. The zero-order chi connectivity index (χ0) is 32.4. The van der Waals surface area contributed by atoms with Gasteiger partial charge >= 0.3 is 0 Å². The van der Waals surface area contributed by atoms with Crippen LogP contribution in [0.5, 0.6) is 5.75 Å². The summed E-state index contributed by atoms with van der Waals surface area (Å²) in [5.41, 5.74) is 0.678. The van der Waals surface area contributed by atoms with Gasteiger partial charge in [0.2, 0.25) is 29.5 Å². The van der Waals surface area contributed by atoms with Crippen molar-refractivity contribution in [2.24, 2.45) is 23.7 Å². The fraction of sp³-hybridized carbons (Fsp3) is 0.656. The fourth-order valence-corrected chi connectivity index (χ4v) is 5.05. The monoisotopic (exact) mass is 601 g/mol. The molecule has 11 nitrogen and oxygen atoms in total. The summed E-state index contributed by atoms with van der Waals surface area (Å²) in [4.78, 5) is 68.0. The molecule has 1 aliphatic heterocycles. The van der Waals surface area contributed by atoms with E-state index in [4.69, 9.17) is 0 Å². The Kier molecular flexibility index (Phi) is 13.5. The number of carbonyl (C=O) groups is 5. The average Bonchev–Trinajstić information content (AvgIpc) is 2.89. The number of phenolic OH excluding ortho intramolecular Hbond substituents is 1. The van der Waals surface area contributed by atoms with Gasteiger partial charge in [-0.25, -0.2) is 0 Å². The van der Waals surface area contributed by atoms with Crippen LogP contribution < -0.4 is 26.6 Å². The highest BCUT2D eigenvalue weighted by atomic mass is 16.3. The fourth-order valence-electron chi connectivity index (χ4n) is 5.05. The molecule has 240 valence electrons. The van der Waals surface area contributed by atoms with E-state index in [1.807, 2.05) is 41.5 Å². The van der Waals surface area contributed by atoms with E-state index in [0.717, 1.165) is 0 Å². The summed E-state index contributed by atoms with van der Waals surface area (Å²) in [6.45, 7) is 15.1. The third-order valence-electron chi connectivity index (χ3n) is 7.28. The van der Waals surface area contributed by atoms with Crippen LogP contribution in [0.1, 0.15) is 80.2 Å². The molecule has 0 aromatic heterocycles. The van der Waals surface area contributed by atoms with Gasteiger partial charge in [-0.3, -0.25) is 24.0 Å². The molecule has 0 aliphatic carbocycles. The maximum Gasteiger partial charge on any atom is 0.243 e. The van der Waals surface area contributed by atoms with E-state index in [2.05, 4.69) is 26.6 Å². The molecule has 1 aromatic carbocycles. The SMILES string of the molecule is CC(C)C[C@@H]1NC(=O)[C@H](CC(C)C)NC(=O)[C@@H](Cc2ccc(O)cc2)NC(=O)[C@H](CC(C)C)NC(=O)[C@H](C(C)C)NC1=O. The minimum Gasteiger partial charge on any atom is -0.508 e. The van der Waals surface area contributed by atoms with Gasteiger partial charge < -0.3 is 31.7 Å². The van der Waals surface area contributed by atoms with E-state index in [9.17, 15) is 29.1 Å². The molecular weight excluding hydrogens is 550 g/mol. The number of aromatic hydroxyl groups is 1. The van der Waals surface area contributed by atoms with Crippen LogP contribution in [0.25, 0.3) is 0 Å². The molecule has 11 heteroatoms. The van der Waals surface area contributed by atoms with Gasteiger partial charge in [0, 0.05) is 6.42 Å². The Hall–Kier alpha value is -3.63. The lowest BCUT2D eigenvalue weighted by molar-refractivity contribution is -0.135. The van der Waals surface area contributed by atoms with Crippen LogP contribution in [0.15, 0.2) is 24.3 Å². The van der Waals surface area contributed by atoms with Crippen LogP contribution >= 0.6 is 0 Å². The van der Waals surface area contributed by atoms with Crippen molar-refractivity contribution in [3.05, 3.63) is 29.8 Å². The Morgan fingerprint density at radius 1 is 0.535 bits per heavy atom. The Balaban J connectivity index is 2.60. The topological polar surface area (TPSA) is 166 Å². The van der Waals surface area contributed by atoms with Crippen molar-refractivity contribution in [3.8, 4) is 5.75 Å². The van der Waals surface area contributed by atoms with E-state index in [1.165, 1.54) is 12.1 Å². The summed E-state index contributed by atoms with van der Waals surface area (Å²) < 4.78 is 0. The van der Waals surface area contributed by atoms with Gasteiger partial charge in [-0.05, 0) is 60.6 Å². The molecule has 0 saturated carbocycles. The van der Waals surface area contributed by atoms with Crippen molar-refractivity contribution in [2.75, 3.05) is 0 Å². The van der Waals surface area contributed by atoms with Gasteiger partial charge in [-0.2, -0.15) is 0 Å². The summed E-state index contributed by atoms with van der Waals surface area (Å²) in [6, 6.07) is 1.38. The van der Waals surface area contributed by atoms with E-state index < -0.39 is 59.7 Å². The highest BCUT2D eigenvalue weighted by Gasteiger charge is 2.36. The smallest absolute Gasteiger partial charge is 0.243 e. The summed E-state index contributed by atoms with van der Waals surface area (Å²) in [6.07, 6.45) is 1.01. The number of nitrogens with one attached hydrogen (secondary N) is 5. The van der Waals surface area contributed by atoms with Gasteiger partial charge in [0.05, 0.1) is 0 Å². The van der Waals surface area contributed by atoms with Crippen LogP contribution in [-0.4, -0.2) is 64.9 Å². The lowest BCUT2D eigenvalue weighted by atomic mass is 9.98. The molecule has 1 fully saturated rings. The zero-order valence-corrected chi connectivity index (χ0v) is 26.8. The Bertz CT molecular complexity index is 1120. The molecule has 1 saturated heterocycles. The number of amides is 5. The molecule has 1 aliphatic rings. The average molecular weight is 602 g/mol. The summed E-state index contributed by atoms with van der Waals surface area (Å²) in [5.74, 6) is -2.80. The predicted molar refractivity (Wildman–Crippen MR) is 165 cm³/mol. The Morgan fingerprint density at radius 2 is 0.884 bits per heavy atom. The molecule has 1 aromatic rings. The molecule has 2 rings (SSSR count). The largest absolute Gasteiger partial charge is 0.508 e. The van der Waals surface area contributed by atoms with E-state index in [0.29, 0.717) is 24.8 Å². The van der Waals surface area contributed by atoms with Crippen LogP contribution in [0.2, 0.25) is 0 Å². The molecule has 43 heavy (non-hydrogen) atoms. The molecule has 0 unspecified atom stereocenters. The molecule has 5 atom stereocenters. The number of hydrogen-bond acceptors (Lipinski definition) is 6. The second-order valence-electron chi connectivity index (χ2n) is 13.2. The molecule has 1 heterocycles. The van der Waals surface area contributed by atoms with Crippen molar-refractivity contribution in [1.82, 2.24) is 26.6 Å². The minimum absolute atomic E-state index is 0.0299. The highest BCUT2D eigenvalue weighted by Crippen LogP contribution is 2.15. The third-order valence-corrected chi connectivity index (χ3v) is 7.28. The maximum absolute atomic E-state index is 13.7.